The second kappa shape index (κ2) is 7.88. The van der Waals surface area contributed by atoms with Crippen LogP contribution in [0.25, 0.3) is 0 Å². The van der Waals surface area contributed by atoms with E-state index in [2.05, 4.69) is 58.4 Å². The van der Waals surface area contributed by atoms with Gasteiger partial charge in [-0.2, -0.15) is 0 Å². The molecule has 98 valence electrons. The van der Waals surface area contributed by atoms with Gasteiger partial charge in [-0.05, 0) is 31.2 Å². The van der Waals surface area contributed by atoms with Crippen LogP contribution < -0.4 is 17.0 Å². The molecule has 2 heteroatoms. The van der Waals surface area contributed by atoms with Gasteiger partial charge in [0.15, 0.2) is 0 Å². The van der Waals surface area contributed by atoms with Gasteiger partial charge in [0, 0.05) is 0 Å². The summed E-state index contributed by atoms with van der Waals surface area (Å²) in [5, 5.41) is 0. The first-order valence-corrected chi connectivity index (χ1v) is 6.39. The Hall–Kier alpha value is -0.340. The van der Waals surface area contributed by atoms with E-state index < -0.39 is 0 Å². The fraction of sp³-hybridized carbons (Fsp3) is 0.600. The Morgan fingerprint density at radius 3 is 2.12 bits per heavy atom. The molecule has 0 saturated heterocycles. The molecule has 0 saturated carbocycles. The average Bonchev–Trinajstić information content (AvgIpc) is 2.24. The van der Waals surface area contributed by atoms with E-state index in [0.717, 1.165) is 10.5 Å². The third-order valence-electron chi connectivity index (χ3n) is 3.41. The van der Waals surface area contributed by atoms with Gasteiger partial charge in [0.1, 0.15) is 0 Å². The zero-order chi connectivity index (χ0) is 12.0. The van der Waals surface area contributed by atoms with E-state index in [1.54, 1.807) is 0 Å². The lowest BCUT2D eigenvalue weighted by atomic mass is 10.0. The van der Waals surface area contributed by atoms with Gasteiger partial charge in [-0.3, -0.25) is 0 Å². The number of aryl methyl sites for hydroxylation is 1. The fourth-order valence-electron chi connectivity index (χ4n) is 2.33. The number of hydrogen-bond acceptors (Lipinski definition) is 0. The molecule has 0 fully saturated rings. The van der Waals surface area contributed by atoms with Gasteiger partial charge in [-0.25, -0.2) is 0 Å². The van der Waals surface area contributed by atoms with Crippen molar-refractivity contribution >= 4 is 0 Å². The summed E-state index contributed by atoms with van der Waals surface area (Å²) in [6.07, 6.45) is 5.13. The minimum atomic E-state index is 0. The molecular formula is C15H26BrN. The molecule has 0 bridgehead atoms. The van der Waals surface area contributed by atoms with Crippen molar-refractivity contribution in [3.63, 3.8) is 0 Å². The maximum absolute atomic E-state index is 2.30. The first kappa shape index (κ1) is 16.7. The summed E-state index contributed by atoms with van der Waals surface area (Å²) >= 11 is 0. The zero-order valence-corrected chi connectivity index (χ0v) is 13.2. The first-order valence-electron chi connectivity index (χ1n) is 6.39. The highest BCUT2D eigenvalue weighted by molar-refractivity contribution is 5.14. The Labute approximate surface area is 117 Å². The lowest BCUT2D eigenvalue weighted by Gasteiger charge is -2.33. The molecule has 0 aromatic heterocycles. The predicted octanol–water partition coefficient (Wildman–Crippen LogP) is 0.498. The highest BCUT2D eigenvalue weighted by Crippen LogP contribution is 2.15. The molecule has 1 atom stereocenters. The molecule has 0 aliphatic heterocycles. The SMILES string of the molecule is CCC(CCCc1ccccc1)[N+](C)(C)C.[Br-]. The summed E-state index contributed by atoms with van der Waals surface area (Å²) < 4.78 is 1.09. The summed E-state index contributed by atoms with van der Waals surface area (Å²) in [5.74, 6) is 0. The first-order chi connectivity index (χ1) is 7.54. The Morgan fingerprint density at radius 1 is 1.06 bits per heavy atom. The zero-order valence-electron chi connectivity index (χ0n) is 11.6. The van der Waals surface area contributed by atoms with Crippen LogP contribution in [0.5, 0.6) is 0 Å². The smallest absolute Gasteiger partial charge is 0.0881 e. The second-order valence-corrected chi connectivity index (χ2v) is 5.56. The van der Waals surface area contributed by atoms with Crippen LogP contribution in [-0.4, -0.2) is 31.7 Å². The molecular weight excluding hydrogens is 274 g/mol. The van der Waals surface area contributed by atoms with Crippen LogP contribution >= 0.6 is 0 Å². The molecule has 0 N–H and O–H groups in total. The Morgan fingerprint density at radius 2 is 1.65 bits per heavy atom. The Bertz CT molecular complexity index is 290. The van der Waals surface area contributed by atoms with E-state index >= 15 is 0 Å². The lowest BCUT2D eigenvalue weighted by molar-refractivity contribution is -0.896. The standard InChI is InChI=1S/C15H26N.BrH/c1-5-15(16(2,3)4)13-9-12-14-10-7-6-8-11-14;/h6-8,10-11,15H,5,9,12-13H2,1-4H3;1H/q+1;/p-1. The van der Waals surface area contributed by atoms with Gasteiger partial charge in [0.2, 0.25) is 0 Å². The summed E-state index contributed by atoms with van der Waals surface area (Å²) in [5.41, 5.74) is 1.47. The maximum atomic E-state index is 2.30. The predicted molar refractivity (Wildman–Crippen MR) is 71.5 cm³/mol. The van der Waals surface area contributed by atoms with Crippen molar-refractivity contribution in [2.45, 2.75) is 38.6 Å². The highest BCUT2D eigenvalue weighted by Gasteiger charge is 2.20. The van der Waals surface area contributed by atoms with Gasteiger partial charge >= 0.3 is 0 Å². The van der Waals surface area contributed by atoms with Crippen molar-refractivity contribution in [2.75, 3.05) is 21.1 Å². The minimum absolute atomic E-state index is 0. The molecule has 1 aromatic rings. The summed E-state index contributed by atoms with van der Waals surface area (Å²) in [4.78, 5) is 0. The molecule has 0 heterocycles. The second-order valence-electron chi connectivity index (χ2n) is 5.56. The van der Waals surface area contributed by atoms with Crippen LogP contribution in [0.15, 0.2) is 30.3 Å². The van der Waals surface area contributed by atoms with Crippen molar-refractivity contribution in [1.82, 2.24) is 0 Å². The maximum Gasteiger partial charge on any atom is 0.0881 e. The van der Waals surface area contributed by atoms with Gasteiger partial charge in [0.05, 0.1) is 27.2 Å². The van der Waals surface area contributed by atoms with Crippen molar-refractivity contribution in [1.29, 1.82) is 0 Å². The number of halogens is 1. The van der Waals surface area contributed by atoms with Crippen LogP contribution in [0.4, 0.5) is 0 Å². The van der Waals surface area contributed by atoms with E-state index in [1.807, 2.05) is 0 Å². The van der Waals surface area contributed by atoms with E-state index in [-0.39, 0.29) is 17.0 Å². The van der Waals surface area contributed by atoms with E-state index in [4.69, 9.17) is 0 Å². The van der Waals surface area contributed by atoms with Crippen molar-refractivity contribution in [3.8, 4) is 0 Å². The number of benzene rings is 1. The van der Waals surface area contributed by atoms with Crippen molar-refractivity contribution in [2.24, 2.45) is 0 Å². The average molecular weight is 300 g/mol. The quantitative estimate of drug-likeness (QED) is 0.671. The summed E-state index contributed by atoms with van der Waals surface area (Å²) in [7, 11) is 6.91. The minimum Gasteiger partial charge on any atom is -1.00 e. The molecule has 1 nitrogen and oxygen atoms in total. The van der Waals surface area contributed by atoms with Crippen molar-refractivity contribution < 1.29 is 21.5 Å². The Kier molecular flexibility index (Phi) is 7.73. The molecule has 1 rings (SSSR count). The molecule has 17 heavy (non-hydrogen) atoms. The van der Waals surface area contributed by atoms with Gasteiger partial charge in [-0.1, -0.05) is 37.3 Å². The lowest BCUT2D eigenvalue weighted by Crippen LogP contribution is -3.00. The normalized spacial score (nSPS) is 12.9. The van der Waals surface area contributed by atoms with Gasteiger partial charge in [0.25, 0.3) is 0 Å². The summed E-state index contributed by atoms with van der Waals surface area (Å²) in [6, 6.07) is 11.6. The number of nitrogens with zero attached hydrogens (tertiary/aromatic N) is 1. The third kappa shape index (κ3) is 6.23. The van der Waals surface area contributed by atoms with Crippen molar-refractivity contribution in [3.05, 3.63) is 35.9 Å². The van der Waals surface area contributed by atoms with Gasteiger partial charge in [-0.15, -0.1) is 0 Å². The molecule has 1 aromatic carbocycles. The molecule has 0 aliphatic carbocycles. The van der Waals surface area contributed by atoms with Gasteiger partial charge < -0.3 is 21.5 Å². The van der Waals surface area contributed by atoms with Crippen LogP contribution in [-0.2, 0) is 6.42 Å². The number of quaternary nitrogens is 1. The van der Waals surface area contributed by atoms with Crippen LogP contribution in [0.3, 0.4) is 0 Å². The number of hydrogen-bond donors (Lipinski definition) is 0. The van der Waals surface area contributed by atoms with Crippen LogP contribution in [0.2, 0.25) is 0 Å². The molecule has 0 aliphatic rings. The third-order valence-corrected chi connectivity index (χ3v) is 3.41. The fourth-order valence-corrected chi connectivity index (χ4v) is 2.33. The molecule has 0 spiro atoms. The largest absolute Gasteiger partial charge is 1.00 e. The molecule has 0 amide bonds. The summed E-state index contributed by atoms with van der Waals surface area (Å²) in [6.45, 7) is 2.30. The van der Waals surface area contributed by atoms with E-state index in [1.165, 1.54) is 31.2 Å². The Balaban J connectivity index is 0.00000256. The molecule has 0 radical (unpaired) electrons. The van der Waals surface area contributed by atoms with Crippen LogP contribution in [0.1, 0.15) is 31.7 Å². The topological polar surface area (TPSA) is 0 Å². The highest BCUT2D eigenvalue weighted by atomic mass is 79.9. The van der Waals surface area contributed by atoms with E-state index in [9.17, 15) is 0 Å². The van der Waals surface area contributed by atoms with E-state index in [0.29, 0.717) is 0 Å². The number of rotatable bonds is 6. The van der Waals surface area contributed by atoms with Crippen LogP contribution in [0, 0.1) is 0 Å². The molecule has 1 unspecified atom stereocenters. The monoisotopic (exact) mass is 299 g/mol.